The topological polar surface area (TPSA) is 58.6 Å². The minimum Gasteiger partial charge on any atom is -0.495 e. The fourth-order valence-corrected chi connectivity index (χ4v) is 4.42. The third-order valence-electron chi connectivity index (χ3n) is 3.88. The van der Waals surface area contributed by atoms with Crippen LogP contribution < -0.4 is 10.1 Å². The van der Waals surface area contributed by atoms with Gasteiger partial charge in [0.05, 0.1) is 7.11 Å². The van der Waals surface area contributed by atoms with Crippen LogP contribution in [0.1, 0.15) is 19.4 Å². The van der Waals surface area contributed by atoms with Crippen LogP contribution in [0.2, 0.25) is 0 Å². The van der Waals surface area contributed by atoms with E-state index in [-0.39, 0.29) is 29.4 Å². The first-order valence-electron chi connectivity index (χ1n) is 6.78. The largest absolute Gasteiger partial charge is 0.495 e. The van der Waals surface area contributed by atoms with Gasteiger partial charge in [-0.15, -0.1) is 12.4 Å². The monoisotopic (exact) mass is 334 g/mol. The predicted octanol–water partition coefficient (Wildman–Crippen LogP) is 1.80. The molecular weight excluding hydrogens is 312 g/mol. The molecule has 21 heavy (non-hydrogen) atoms. The van der Waals surface area contributed by atoms with E-state index in [4.69, 9.17) is 4.74 Å². The third kappa shape index (κ3) is 3.51. The number of sulfonamides is 1. The van der Waals surface area contributed by atoms with Crippen molar-refractivity contribution in [2.75, 3.05) is 20.2 Å². The highest BCUT2D eigenvalue weighted by Crippen LogP contribution is 2.29. The van der Waals surface area contributed by atoms with Gasteiger partial charge in [-0.3, -0.25) is 0 Å². The third-order valence-corrected chi connectivity index (χ3v) is 5.89. The van der Waals surface area contributed by atoms with E-state index >= 15 is 0 Å². The molecule has 0 amide bonds. The van der Waals surface area contributed by atoms with E-state index in [1.165, 1.54) is 7.11 Å². The van der Waals surface area contributed by atoms with E-state index < -0.39 is 10.0 Å². The van der Waals surface area contributed by atoms with Crippen molar-refractivity contribution in [1.29, 1.82) is 0 Å². The van der Waals surface area contributed by atoms with Gasteiger partial charge in [-0.25, -0.2) is 8.42 Å². The zero-order chi connectivity index (χ0) is 14.9. The number of hydrogen-bond acceptors (Lipinski definition) is 4. The summed E-state index contributed by atoms with van der Waals surface area (Å²) in [4.78, 5) is 0.251. The number of benzene rings is 1. The molecule has 1 saturated heterocycles. The molecule has 1 N–H and O–H groups in total. The summed E-state index contributed by atoms with van der Waals surface area (Å²) in [6.45, 7) is 6.95. The summed E-state index contributed by atoms with van der Waals surface area (Å²) >= 11 is 0. The summed E-state index contributed by atoms with van der Waals surface area (Å²) in [6, 6.07) is 5.28. The van der Waals surface area contributed by atoms with Crippen LogP contribution in [0.5, 0.6) is 5.75 Å². The van der Waals surface area contributed by atoms with E-state index in [9.17, 15) is 8.42 Å². The Morgan fingerprint density at radius 2 is 2.00 bits per heavy atom. The fourth-order valence-electron chi connectivity index (χ4n) is 2.48. The molecule has 0 aliphatic carbocycles. The van der Waals surface area contributed by atoms with Crippen molar-refractivity contribution in [3.05, 3.63) is 23.8 Å². The minimum atomic E-state index is -3.54. The molecule has 0 saturated carbocycles. The summed E-state index contributed by atoms with van der Waals surface area (Å²) in [5.74, 6) is 0.397. The van der Waals surface area contributed by atoms with E-state index in [1.54, 1.807) is 16.4 Å². The molecule has 0 spiro atoms. The number of methoxy groups -OCH3 is 1. The molecule has 1 aromatic rings. The lowest BCUT2D eigenvalue weighted by Gasteiger charge is -2.37. The van der Waals surface area contributed by atoms with Crippen LogP contribution in [0.4, 0.5) is 0 Å². The number of halogens is 1. The van der Waals surface area contributed by atoms with E-state index in [2.05, 4.69) is 5.32 Å². The Kier molecular flexibility index (Phi) is 6.04. The summed E-state index contributed by atoms with van der Waals surface area (Å²) in [7, 11) is -2.05. The molecule has 2 rings (SSSR count). The molecule has 2 unspecified atom stereocenters. The Morgan fingerprint density at radius 1 is 1.33 bits per heavy atom. The van der Waals surface area contributed by atoms with Gasteiger partial charge < -0.3 is 10.1 Å². The quantitative estimate of drug-likeness (QED) is 0.915. The standard InChI is InChI=1S/C14H22N2O3S.ClH/c1-10-5-6-13(19-4)14(9-10)20(17,18)16-8-7-15-11(2)12(16)3;/h5-6,9,11-12,15H,7-8H2,1-4H3;1H. The lowest BCUT2D eigenvalue weighted by atomic mass is 10.1. The predicted molar refractivity (Wildman–Crippen MR) is 85.8 cm³/mol. The van der Waals surface area contributed by atoms with Crippen LogP contribution in [-0.4, -0.2) is 45.0 Å². The molecule has 7 heteroatoms. The van der Waals surface area contributed by atoms with Gasteiger partial charge in [-0.2, -0.15) is 4.31 Å². The van der Waals surface area contributed by atoms with E-state index in [1.807, 2.05) is 26.8 Å². The SMILES string of the molecule is COc1ccc(C)cc1S(=O)(=O)N1CCNC(C)C1C.Cl. The van der Waals surface area contributed by atoms with Crippen molar-refractivity contribution in [1.82, 2.24) is 9.62 Å². The van der Waals surface area contributed by atoms with Gasteiger partial charge in [0.15, 0.2) is 0 Å². The molecule has 1 aliphatic rings. The van der Waals surface area contributed by atoms with Crippen molar-refractivity contribution < 1.29 is 13.2 Å². The van der Waals surface area contributed by atoms with Crippen LogP contribution in [-0.2, 0) is 10.0 Å². The average Bonchev–Trinajstić information content (AvgIpc) is 2.41. The summed E-state index contributed by atoms with van der Waals surface area (Å²) in [5, 5.41) is 3.29. The van der Waals surface area contributed by atoms with Crippen LogP contribution in [0.15, 0.2) is 23.1 Å². The smallest absolute Gasteiger partial charge is 0.247 e. The second-order valence-corrected chi connectivity index (χ2v) is 7.11. The first kappa shape index (κ1) is 18.2. The molecule has 0 bridgehead atoms. The van der Waals surface area contributed by atoms with Crippen LogP contribution in [0.25, 0.3) is 0 Å². The van der Waals surface area contributed by atoms with Gasteiger partial charge in [0, 0.05) is 25.2 Å². The van der Waals surface area contributed by atoms with Crippen molar-refractivity contribution in [2.24, 2.45) is 0 Å². The molecule has 120 valence electrons. The summed E-state index contributed by atoms with van der Waals surface area (Å²) in [5.41, 5.74) is 0.903. The Morgan fingerprint density at radius 3 is 2.62 bits per heavy atom. The first-order chi connectivity index (χ1) is 9.37. The molecule has 0 aromatic heterocycles. The summed E-state index contributed by atoms with van der Waals surface area (Å²) < 4.78 is 32.6. The number of piperazine rings is 1. The number of ether oxygens (including phenoxy) is 1. The van der Waals surface area contributed by atoms with Crippen molar-refractivity contribution >= 4 is 22.4 Å². The number of nitrogens with one attached hydrogen (secondary N) is 1. The number of nitrogens with zero attached hydrogens (tertiary/aromatic N) is 1. The van der Waals surface area contributed by atoms with Gasteiger partial charge in [0.2, 0.25) is 10.0 Å². The van der Waals surface area contributed by atoms with Crippen LogP contribution in [0, 0.1) is 6.92 Å². The highest BCUT2D eigenvalue weighted by molar-refractivity contribution is 7.89. The Labute approximate surface area is 133 Å². The van der Waals surface area contributed by atoms with E-state index in [0.29, 0.717) is 18.8 Å². The Balaban J connectivity index is 0.00000220. The van der Waals surface area contributed by atoms with Gasteiger partial charge in [0.25, 0.3) is 0 Å². The van der Waals surface area contributed by atoms with Gasteiger partial charge in [0.1, 0.15) is 10.6 Å². The van der Waals surface area contributed by atoms with Crippen molar-refractivity contribution in [2.45, 2.75) is 37.8 Å². The first-order valence-corrected chi connectivity index (χ1v) is 8.22. The number of hydrogen-bond donors (Lipinski definition) is 1. The maximum Gasteiger partial charge on any atom is 0.247 e. The Hall–Kier alpha value is -0.820. The van der Waals surface area contributed by atoms with E-state index in [0.717, 1.165) is 5.56 Å². The zero-order valence-corrected chi connectivity index (χ0v) is 14.4. The zero-order valence-electron chi connectivity index (χ0n) is 12.8. The highest BCUT2D eigenvalue weighted by Gasteiger charge is 2.35. The molecule has 1 aromatic carbocycles. The molecule has 0 radical (unpaired) electrons. The molecule has 1 aliphatic heterocycles. The maximum absolute atomic E-state index is 12.9. The lowest BCUT2D eigenvalue weighted by Crippen LogP contribution is -2.57. The molecule has 2 atom stereocenters. The normalized spacial score (nSPS) is 23.4. The number of aryl methyl sites for hydroxylation is 1. The Bertz CT molecular complexity index is 592. The van der Waals surface area contributed by atoms with Crippen LogP contribution in [0.3, 0.4) is 0 Å². The average molecular weight is 335 g/mol. The van der Waals surface area contributed by atoms with Gasteiger partial charge in [-0.1, -0.05) is 6.07 Å². The molecule has 5 nitrogen and oxygen atoms in total. The van der Waals surface area contributed by atoms with Crippen molar-refractivity contribution in [3.8, 4) is 5.75 Å². The maximum atomic E-state index is 12.9. The molecule has 1 fully saturated rings. The summed E-state index contributed by atoms with van der Waals surface area (Å²) in [6.07, 6.45) is 0. The number of rotatable bonds is 3. The lowest BCUT2D eigenvalue weighted by molar-refractivity contribution is 0.232. The second-order valence-electron chi connectivity index (χ2n) is 5.25. The minimum absolute atomic E-state index is 0. The molecular formula is C14H23ClN2O3S. The molecule has 1 heterocycles. The van der Waals surface area contributed by atoms with Crippen LogP contribution >= 0.6 is 12.4 Å². The highest BCUT2D eigenvalue weighted by atomic mass is 35.5. The van der Waals surface area contributed by atoms with Gasteiger partial charge >= 0.3 is 0 Å². The fraction of sp³-hybridized carbons (Fsp3) is 0.571. The van der Waals surface area contributed by atoms with Gasteiger partial charge in [-0.05, 0) is 38.5 Å². The van der Waals surface area contributed by atoms with Crippen molar-refractivity contribution in [3.63, 3.8) is 0 Å². The second kappa shape index (κ2) is 6.96.